The van der Waals surface area contributed by atoms with Crippen molar-refractivity contribution >= 4 is 0 Å². The van der Waals surface area contributed by atoms with E-state index in [-0.39, 0.29) is 6.04 Å². The van der Waals surface area contributed by atoms with Gasteiger partial charge in [-0.15, -0.1) is 0 Å². The summed E-state index contributed by atoms with van der Waals surface area (Å²) in [7, 11) is 0. The molecule has 2 rings (SSSR count). The topological polar surface area (TPSA) is 39.2 Å². The molecule has 1 aromatic rings. The first-order valence-electron chi connectivity index (χ1n) is 5.98. The van der Waals surface area contributed by atoms with Gasteiger partial charge in [0.25, 0.3) is 0 Å². The average molecular weight is 207 g/mol. The van der Waals surface area contributed by atoms with Crippen LogP contribution in [0.3, 0.4) is 0 Å². The predicted molar refractivity (Wildman–Crippen MR) is 61.5 cm³/mol. The number of aryl methyl sites for hydroxylation is 1. The molecule has 0 bridgehead atoms. The summed E-state index contributed by atoms with van der Waals surface area (Å²) in [5, 5.41) is 0. The molecule has 0 radical (unpaired) electrons. The van der Waals surface area contributed by atoms with Gasteiger partial charge in [0.2, 0.25) is 0 Å². The van der Waals surface area contributed by atoms with Crippen molar-refractivity contribution in [1.82, 2.24) is 0 Å². The van der Waals surface area contributed by atoms with Gasteiger partial charge in [0.05, 0.1) is 6.04 Å². The molecular weight excluding hydrogens is 186 g/mol. The lowest BCUT2D eigenvalue weighted by molar-refractivity contribution is 0.238. The van der Waals surface area contributed by atoms with Crippen molar-refractivity contribution < 1.29 is 4.42 Å². The molecule has 1 aliphatic rings. The average Bonchev–Trinajstić information content (AvgIpc) is 2.65. The Morgan fingerprint density at radius 1 is 1.27 bits per heavy atom. The molecule has 0 unspecified atom stereocenters. The molecule has 0 amide bonds. The normalized spacial score (nSPS) is 29.0. The summed E-state index contributed by atoms with van der Waals surface area (Å²) in [5.41, 5.74) is 6.23. The summed E-state index contributed by atoms with van der Waals surface area (Å²) in [4.78, 5) is 0. The third-order valence-electron chi connectivity index (χ3n) is 3.66. The van der Waals surface area contributed by atoms with Gasteiger partial charge in [-0.05, 0) is 43.7 Å². The number of rotatable bonds is 2. The van der Waals surface area contributed by atoms with Crippen LogP contribution in [0.5, 0.6) is 0 Å². The summed E-state index contributed by atoms with van der Waals surface area (Å²) >= 11 is 0. The monoisotopic (exact) mass is 207 g/mol. The van der Waals surface area contributed by atoms with Crippen molar-refractivity contribution in [2.75, 3.05) is 0 Å². The van der Waals surface area contributed by atoms with Crippen LogP contribution >= 0.6 is 0 Å². The zero-order valence-electron chi connectivity index (χ0n) is 9.70. The Morgan fingerprint density at radius 3 is 2.47 bits per heavy atom. The molecule has 1 heterocycles. The van der Waals surface area contributed by atoms with E-state index in [2.05, 4.69) is 6.92 Å². The van der Waals surface area contributed by atoms with Gasteiger partial charge in [-0.3, -0.25) is 0 Å². The number of hydrogen-bond acceptors (Lipinski definition) is 2. The molecule has 15 heavy (non-hydrogen) atoms. The Hall–Kier alpha value is -0.760. The van der Waals surface area contributed by atoms with Gasteiger partial charge in [0.15, 0.2) is 0 Å². The zero-order chi connectivity index (χ0) is 10.8. The zero-order valence-corrected chi connectivity index (χ0v) is 9.70. The van der Waals surface area contributed by atoms with Crippen LogP contribution in [0.25, 0.3) is 0 Å². The van der Waals surface area contributed by atoms with Crippen molar-refractivity contribution in [2.24, 2.45) is 17.6 Å². The number of furan rings is 1. The predicted octanol–water partition coefficient (Wildman–Crippen LogP) is 3.41. The van der Waals surface area contributed by atoms with E-state index < -0.39 is 0 Å². The van der Waals surface area contributed by atoms with E-state index in [1.54, 1.807) is 0 Å². The van der Waals surface area contributed by atoms with Gasteiger partial charge < -0.3 is 10.2 Å². The Balaban J connectivity index is 1.99. The Kier molecular flexibility index (Phi) is 3.15. The summed E-state index contributed by atoms with van der Waals surface area (Å²) in [6.45, 7) is 4.30. The van der Waals surface area contributed by atoms with Crippen LogP contribution in [-0.4, -0.2) is 0 Å². The fraction of sp³-hybridized carbons (Fsp3) is 0.692. The highest BCUT2D eigenvalue weighted by atomic mass is 16.3. The second kappa shape index (κ2) is 4.40. The SMILES string of the molecule is Cc1ccc([C@H](N)C2CCC(C)CC2)o1. The van der Waals surface area contributed by atoms with Gasteiger partial charge in [-0.25, -0.2) is 0 Å². The minimum absolute atomic E-state index is 0.103. The van der Waals surface area contributed by atoms with Gasteiger partial charge in [0.1, 0.15) is 11.5 Å². The summed E-state index contributed by atoms with van der Waals surface area (Å²) < 4.78 is 5.60. The van der Waals surface area contributed by atoms with Crippen LogP contribution < -0.4 is 5.73 Å². The van der Waals surface area contributed by atoms with Crippen molar-refractivity contribution in [1.29, 1.82) is 0 Å². The Labute approximate surface area is 91.8 Å². The van der Waals surface area contributed by atoms with Crippen LogP contribution in [0.15, 0.2) is 16.5 Å². The van der Waals surface area contributed by atoms with Crippen LogP contribution in [0.2, 0.25) is 0 Å². The standard InChI is InChI=1S/C13H21NO/c1-9-3-6-11(7-4-9)13(14)12-8-5-10(2)15-12/h5,8-9,11,13H,3-4,6-7,14H2,1-2H3/t9?,11?,13-/m1/s1. The molecule has 1 fully saturated rings. The molecule has 1 atom stereocenters. The van der Waals surface area contributed by atoms with Crippen LogP contribution in [0.4, 0.5) is 0 Å². The largest absolute Gasteiger partial charge is 0.465 e. The van der Waals surface area contributed by atoms with E-state index in [4.69, 9.17) is 10.2 Å². The van der Waals surface area contributed by atoms with E-state index in [0.717, 1.165) is 17.4 Å². The van der Waals surface area contributed by atoms with Crippen molar-refractivity contribution in [3.63, 3.8) is 0 Å². The quantitative estimate of drug-likeness (QED) is 0.807. The maximum absolute atomic E-state index is 6.23. The van der Waals surface area contributed by atoms with E-state index in [0.29, 0.717) is 5.92 Å². The summed E-state index contributed by atoms with van der Waals surface area (Å²) in [5.74, 6) is 3.43. The van der Waals surface area contributed by atoms with Gasteiger partial charge in [-0.2, -0.15) is 0 Å². The lowest BCUT2D eigenvalue weighted by Crippen LogP contribution is -2.25. The van der Waals surface area contributed by atoms with Crippen LogP contribution in [0, 0.1) is 18.8 Å². The molecule has 0 aliphatic heterocycles. The maximum atomic E-state index is 6.23. The van der Waals surface area contributed by atoms with Gasteiger partial charge in [0, 0.05) is 0 Å². The molecule has 2 N–H and O–H groups in total. The highest BCUT2D eigenvalue weighted by Gasteiger charge is 2.26. The maximum Gasteiger partial charge on any atom is 0.121 e. The third kappa shape index (κ3) is 2.43. The molecule has 84 valence electrons. The molecule has 0 aromatic carbocycles. The molecule has 0 spiro atoms. The first-order chi connectivity index (χ1) is 7.16. The molecule has 2 nitrogen and oxygen atoms in total. The first kappa shape index (κ1) is 10.7. The van der Waals surface area contributed by atoms with E-state index in [1.807, 2.05) is 19.1 Å². The fourth-order valence-electron chi connectivity index (χ4n) is 2.51. The van der Waals surface area contributed by atoms with Crippen molar-refractivity contribution in [2.45, 2.75) is 45.6 Å². The van der Waals surface area contributed by atoms with Crippen molar-refractivity contribution in [3.05, 3.63) is 23.7 Å². The highest BCUT2D eigenvalue weighted by molar-refractivity contribution is 5.10. The van der Waals surface area contributed by atoms with E-state index >= 15 is 0 Å². The molecular formula is C13H21NO. The van der Waals surface area contributed by atoms with E-state index in [1.165, 1.54) is 25.7 Å². The molecule has 1 aromatic heterocycles. The number of nitrogens with two attached hydrogens (primary N) is 1. The molecule has 1 aliphatic carbocycles. The van der Waals surface area contributed by atoms with Crippen LogP contribution in [0.1, 0.15) is 50.2 Å². The lowest BCUT2D eigenvalue weighted by Gasteiger charge is -2.29. The van der Waals surface area contributed by atoms with Crippen molar-refractivity contribution in [3.8, 4) is 0 Å². The highest BCUT2D eigenvalue weighted by Crippen LogP contribution is 2.35. The minimum atomic E-state index is 0.103. The Bertz CT molecular complexity index is 310. The lowest BCUT2D eigenvalue weighted by atomic mass is 9.79. The molecule has 0 saturated heterocycles. The Morgan fingerprint density at radius 2 is 1.93 bits per heavy atom. The van der Waals surface area contributed by atoms with Gasteiger partial charge >= 0.3 is 0 Å². The molecule has 2 heteroatoms. The smallest absolute Gasteiger partial charge is 0.121 e. The van der Waals surface area contributed by atoms with Crippen LogP contribution in [-0.2, 0) is 0 Å². The second-order valence-electron chi connectivity index (χ2n) is 4.99. The van der Waals surface area contributed by atoms with E-state index in [9.17, 15) is 0 Å². The number of hydrogen-bond donors (Lipinski definition) is 1. The summed E-state index contributed by atoms with van der Waals surface area (Å²) in [6, 6.07) is 4.13. The third-order valence-corrected chi connectivity index (χ3v) is 3.66. The minimum Gasteiger partial charge on any atom is -0.465 e. The summed E-state index contributed by atoms with van der Waals surface area (Å²) in [6.07, 6.45) is 5.14. The molecule has 1 saturated carbocycles. The van der Waals surface area contributed by atoms with Gasteiger partial charge in [-0.1, -0.05) is 19.8 Å². The fourth-order valence-corrected chi connectivity index (χ4v) is 2.51. The second-order valence-corrected chi connectivity index (χ2v) is 4.99. The first-order valence-corrected chi connectivity index (χ1v) is 5.98.